The van der Waals surface area contributed by atoms with Crippen molar-refractivity contribution < 1.29 is 0 Å². The molecule has 0 spiro atoms. The maximum atomic E-state index is 4.03. The molecule has 0 nitrogen and oxygen atoms in total. The molecule has 0 amide bonds. The zero-order chi connectivity index (χ0) is 13.7. The molecule has 0 aromatic heterocycles. The average Bonchev–Trinajstić information content (AvgIpc) is 2.43. The Hall–Kier alpha value is -1.30. The van der Waals surface area contributed by atoms with Crippen molar-refractivity contribution in [2.75, 3.05) is 0 Å². The lowest BCUT2D eigenvalue weighted by Crippen LogP contribution is -2.08. The van der Waals surface area contributed by atoms with Crippen LogP contribution in [0.1, 0.15) is 61.1 Å². The molecule has 1 aromatic rings. The summed E-state index contributed by atoms with van der Waals surface area (Å²) in [5, 5.41) is 0. The van der Waals surface area contributed by atoms with Gasteiger partial charge in [-0.3, -0.25) is 0 Å². The van der Waals surface area contributed by atoms with Crippen molar-refractivity contribution in [1.29, 1.82) is 0 Å². The van der Waals surface area contributed by atoms with Gasteiger partial charge in [-0.25, -0.2) is 0 Å². The highest BCUT2D eigenvalue weighted by molar-refractivity contribution is 5.70. The van der Waals surface area contributed by atoms with E-state index in [2.05, 4.69) is 40.9 Å². The Labute approximate surface area is 112 Å². The molecular weight excluding hydrogens is 216 g/mol. The van der Waals surface area contributed by atoms with Gasteiger partial charge in [-0.2, -0.15) is 0 Å². The van der Waals surface area contributed by atoms with E-state index in [0.29, 0.717) is 0 Å². The van der Waals surface area contributed by atoms with Crippen LogP contribution in [0.3, 0.4) is 0 Å². The summed E-state index contributed by atoms with van der Waals surface area (Å²) in [6.45, 7) is 17.0. The predicted octanol–water partition coefficient (Wildman–Crippen LogP) is 5.22. The van der Waals surface area contributed by atoms with Gasteiger partial charge in [-0.1, -0.05) is 53.0 Å². The van der Waals surface area contributed by atoms with E-state index in [0.717, 1.165) is 25.7 Å². The second-order valence-electron chi connectivity index (χ2n) is 4.56. The van der Waals surface area contributed by atoms with Crippen LogP contribution < -0.4 is 0 Å². The molecule has 0 atom stereocenters. The minimum atomic E-state index is 1.07. The van der Waals surface area contributed by atoms with Crippen LogP contribution in [-0.2, 0) is 25.7 Å². The van der Waals surface area contributed by atoms with Gasteiger partial charge in [0.1, 0.15) is 0 Å². The van der Waals surface area contributed by atoms with Gasteiger partial charge in [0.05, 0.1) is 0 Å². The van der Waals surface area contributed by atoms with Gasteiger partial charge in [0.15, 0.2) is 0 Å². The second-order valence-corrected chi connectivity index (χ2v) is 4.56. The van der Waals surface area contributed by atoms with Gasteiger partial charge in [0.2, 0.25) is 0 Å². The van der Waals surface area contributed by atoms with Gasteiger partial charge in [-0.15, -0.1) is 0 Å². The quantitative estimate of drug-likeness (QED) is 0.641. The number of hydrogen-bond donors (Lipinski definition) is 0. The molecule has 0 aliphatic heterocycles. The third-order valence-electron chi connectivity index (χ3n) is 3.85. The molecule has 0 saturated heterocycles. The van der Waals surface area contributed by atoms with Crippen LogP contribution in [0, 0.1) is 0 Å². The summed E-state index contributed by atoms with van der Waals surface area (Å²) in [5.74, 6) is 0. The molecule has 98 valence electrons. The van der Waals surface area contributed by atoms with Crippen molar-refractivity contribution in [2.45, 2.75) is 53.4 Å². The van der Waals surface area contributed by atoms with Gasteiger partial charge in [0.25, 0.3) is 0 Å². The first kappa shape index (κ1) is 14.8. The van der Waals surface area contributed by atoms with Gasteiger partial charge < -0.3 is 0 Å². The Morgan fingerprint density at radius 2 is 0.833 bits per heavy atom. The van der Waals surface area contributed by atoms with E-state index < -0.39 is 0 Å². The second kappa shape index (κ2) is 6.58. The minimum absolute atomic E-state index is 1.07. The molecule has 0 heteroatoms. The highest BCUT2D eigenvalue weighted by Crippen LogP contribution is 2.32. The predicted molar refractivity (Wildman–Crippen MR) is 84.1 cm³/mol. The lowest BCUT2D eigenvalue weighted by Gasteiger charge is -2.22. The molecular formula is C18H26. The van der Waals surface area contributed by atoms with Crippen LogP contribution in [-0.4, -0.2) is 0 Å². The lowest BCUT2D eigenvalue weighted by atomic mass is 9.82. The van der Waals surface area contributed by atoms with Crippen molar-refractivity contribution in [3.63, 3.8) is 0 Å². The smallest absolute Gasteiger partial charge is 0.0193 e. The summed E-state index contributed by atoms with van der Waals surface area (Å²) >= 11 is 0. The largest absolute Gasteiger partial charge is 0.0984 e. The number of benzene rings is 1. The van der Waals surface area contributed by atoms with Crippen molar-refractivity contribution >= 4 is 12.2 Å². The molecule has 0 aliphatic rings. The topological polar surface area (TPSA) is 0 Å². The standard InChI is InChI=1S/C18H26/c1-7-13-14(8-2)16(10-4)18(12-6)17(11-5)15(13)9-3/h7,12H,1,6,8-11H2,2-5H3. The molecule has 1 rings (SSSR count). The Kier molecular flexibility index (Phi) is 5.40. The molecule has 0 unspecified atom stereocenters. The summed E-state index contributed by atoms with van der Waals surface area (Å²) in [7, 11) is 0. The van der Waals surface area contributed by atoms with Crippen molar-refractivity contribution in [1.82, 2.24) is 0 Å². The minimum Gasteiger partial charge on any atom is -0.0984 e. The Morgan fingerprint density at radius 3 is 0.944 bits per heavy atom. The number of rotatable bonds is 6. The van der Waals surface area contributed by atoms with E-state index >= 15 is 0 Å². The monoisotopic (exact) mass is 242 g/mol. The highest BCUT2D eigenvalue weighted by Gasteiger charge is 2.16. The normalized spacial score (nSPS) is 10.4. The summed E-state index contributed by atoms with van der Waals surface area (Å²) < 4.78 is 0. The van der Waals surface area contributed by atoms with Crippen LogP contribution >= 0.6 is 0 Å². The van der Waals surface area contributed by atoms with E-state index in [1.165, 1.54) is 33.4 Å². The fourth-order valence-corrected chi connectivity index (χ4v) is 3.12. The first-order valence-corrected chi connectivity index (χ1v) is 7.14. The molecule has 0 N–H and O–H groups in total. The van der Waals surface area contributed by atoms with Crippen LogP contribution in [0.2, 0.25) is 0 Å². The highest BCUT2D eigenvalue weighted by atomic mass is 14.2. The maximum absolute atomic E-state index is 4.03. The SMILES string of the molecule is C=Cc1c(CC)c(CC)c(C=C)c(CC)c1CC. The molecule has 0 fully saturated rings. The number of hydrogen-bond acceptors (Lipinski definition) is 0. The zero-order valence-electron chi connectivity index (χ0n) is 12.4. The molecule has 1 aromatic carbocycles. The van der Waals surface area contributed by atoms with Crippen molar-refractivity contribution in [2.24, 2.45) is 0 Å². The van der Waals surface area contributed by atoms with E-state index in [1.807, 2.05) is 12.2 Å². The summed E-state index contributed by atoms with van der Waals surface area (Å²) in [6, 6.07) is 0. The van der Waals surface area contributed by atoms with Crippen LogP contribution in [0.15, 0.2) is 13.2 Å². The molecule has 0 saturated carbocycles. The fourth-order valence-electron chi connectivity index (χ4n) is 3.12. The third kappa shape index (κ3) is 2.29. The zero-order valence-corrected chi connectivity index (χ0v) is 12.4. The summed E-state index contributed by atoms with van der Waals surface area (Å²) in [4.78, 5) is 0. The summed E-state index contributed by atoms with van der Waals surface area (Å²) in [6.07, 6.45) is 8.38. The van der Waals surface area contributed by atoms with Crippen molar-refractivity contribution in [3.05, 3.63) is 46.5 Å². The van der Waals surface area contributed by atoms with E-state index in [-0.39, 0.29) is 0 Å². The van der Waals surface area contributed by atoms with E-state index in [9.17, 15) is 0 Å². The van der Waals surface area contributed by atoms with Gasteiger partial charge >= 0.3 is 0 Å². The lowest BCUT2D eigenvalue weighted by molar-refractivity contribution is 0.961. The Balaban J connectivity index is 3.83. The van der Waals surface area contributed by atoms with Crippen LogP contribution in [0.4, 0.5) is 0 Å². The van der Waals surface area contributed by atoms with Gasteiger partial charge in [0, 0.05) is 0 Å². The van der Waals surface area contributed by atoms with Crippen LogP contribution in [0.25, 0.3) is 12.2 Å². The first-order valence-electron chi connectivity index (χ1n) is 7.14. The fraction of sp³-hybridized carbons (Fsp3) is 0.444. The first-order chi connectivity index (χ1) is 8.69. The summed E-state index contributed by atoms with van der Waals surface area (Å²) in [5.41, 5.74) is 8.62. The third-order valence-corrected chi connectivity index (χ3v) is 3.85. The average molecular weight is 242 g/mol. The Bertz CT molecular complexity index is 374. The van der Waals surface area contributed by atoms with Gasteiger partial charge in [-0.05, 0) is 59.1 Å². The van der Waals surface area contributed by atoms with E-state index in [1.54, 1.807) is 0 Å². The Morgan fingerprint density at radius 1 is 0.611 bits per heavy atom. The molecule has 0 bridgehead atoms. The van der Waals surface area contributed by atoms with E-state index in [4.69, 9.17) is 0 Å². The van der Waals surface area contributed by atoms with Crippen molar-refractivity contribution in [3.8, 4) is 0 Å². The molecule has 0 aliphatic carbocycles. The molecule has 0 radical (unpaired) electrons. The van der Waals surface area contributed by atoms with Crippen LogP contribution in [0.5, 0.6) is 0 Å². The molecule has 0 heterocycles. The maximum Gasteiger partial charge on any atom is -0.0193 e. The molecule has 18 heavy (non-hydrogen) atoms.